The number of aromatic amines is 1. The molecule has 1 aromatic heterocycles. The van der Waals surface area contributed by atoms with Crippen LogP contribution in [0.5, 0.6) is 0 Å². The molecule has 2 aromatic rings. The lowest BCUT2D eigenvalue weighted by atomic mass is 9.78. The Morgan fingerprint density at radius 2 is 2.03 bits per heavy atom. The SMILES string of the molecule is CC1(c2ccc(Cl)c(F)c2)C(=O)Nc2nc(C3=CN4NCN=C4C(CCC(F)(F)F)=N3)[nH]c(=O)c21. The summed E-state index contributed by atoms with van der Waals surface area (Å²) < 4.78 is 52.5. The Labute approximate surface area is 199 Å². The van der Waals surface area contributed by atoms with E-state index in [4.69, 9.17) is 11.6 Å². The highest BCUT2D eigenvalue weighted by Crippen LogP contribution is 2.40. The molecule has 1 unspecified atom stereocenters. The number of carbonyl (C=O) groups excluding carboxylic acids is 1. The third kappa shape index (κ3) is 3.90. The van der Waals surface area contributed by atoms with Crippen LogP contribution in [0.4, 0.5) is 23.4 Å². The summed E-state index contributed by atoms with van der Waals surface area (Å²) in [4.78, 5) is 41.3. The minimum atomic E-state index is -4.39. The third-order valence-electron chi connectivity index (χ3n) is 5.95. The maximum atomic E-state index is 14.1. The minimum absolute atomic E-state index is 0.0350. The molecular weight excluding hydrogens is 494 g/mol. The van der Waals surface area contributed by atoms with Crippen LogP contribution < -0.4 is 16.3 Å². The lowest BCUT2D eigenvalue weighted by Gasteiger charge is -2.23. The van der Waals surface area contributed by atoms with E-state index in [9.17, 15) is 27.2 Å². The van der Waals surface area contributed by atoms with E-state index in [1.54, 1.807) is 0 Å². The molecule has 0 spiro atoms. The summed E-state index contributed by atoms with van der Waals surface area (Å²) >= 11 is 5.75. The van der Waals surface area contributed by atoms with Gasteiger partial charge in [-0.15, -0.1) is 0 Å². The van der Waals surface area contributed by atoms with E-state index in [1.807, 2.05) is 0 Å². The van der Waals surface area contributed by atoms with Crippen LogP contribution in [0.2, 0.25) is 5.02 Å². The second-order valence-electron chi connectivity index (χ2n) is 8.20. The van der Waals surface area contributed by atoms with Gasteiger partial charge in [-0.3, -0.25) is 14.6 Å². The van der Waals surface area contributed by atoms with E-state index in [0.29, 0.717) is 0 Å². The number of halogens is 5. The molecule has 3 aliphatic heterocycles. The standard InChI is InChI=1S/C21H16ClF4N7O2/c1-20(9-2-3-10(22)11(23)6-9)14-16(32-19(20)35)30-15(31-18(14)34)13-7-33-17(27-8-28-33)12(29-13)4-5-21(24,25)26/h2-3,6-7,28H,4-5,8H2,1H3,(H2,30,31,32,34,35). The van der Waals surface area contributed by atoms with Crippen LogP contribution in [0.3, 0.4) is 0 Å². The van der Waals surface area contributed by atoms with Crippen molar-refractivity contribution in [1.29, 1.82) is 0 Å². The number of alkyl halides is 3. The number of amidine groups is 1. The normalized spacial score (nSPS) is 21.3. The Balaban J connectivity index is 1.56. The molecule has 0 fully saturated rings. The van der Waals surface area contributed by atoms with Crippen LogP contribution in [0.25, 0.3) is 5.70 Å². The molecule has 14 heteroatoms. The third-order valence-corrected chi connectivity index (χ3v) is 6.26. The lowest BCUT2D eigenvalue weighted by molar-refractivity contribution is -0.132. The fourth-order valence-electron chi connectivity index (χ4n) is 4.14. The molecule has 4 heterocycles. The van der Waals surface area contributed by atoms with E-state index >= 15 is 0 Å². The van der Waals surface area contributed by atoms with Crippen molar-refractivity contribution in [2.75, 3.05) is 12.0 Å². The first-order valence-corrected chi connectivity index (χ1v) is 10.7. The van der Waals surface area contributed by atoms with Gasteiger partial charge in [0, 0.05) is 12.8 Å². The lowest BCUT2D eigenvalue weighted by Crippen LogP contribution is -2.39. The summed E-state index contributed by atoms with van der Waals surface area (Å²) in [7, 11) is 0. The number of rotatable bonds is 4. The molecule has 3 N–H and O–H groups in total. The Kier molecular flexibility index (Phi) is 5.29. The van der Waals surface area contributed by atoms with E-state index in [0.717, 1.165) is 6.07 Å². The zero-order valence-electron chi connectivity index (χ0n) is 17.9. The molecule has 5 rings (SSSR count). The van der Waals surface area contributed by atoms with Gasteiger partial charge < -0.3 is 10.3 Å². The molecule has 9 nitrogen and oxygen atoms in total. The molecule has 0 bridgehead atoms. The van der Waals surface area contributed by atoms with E-state index in [2.05, 4.69) is 30.7 Å². The predicted octanol–water partition coefficient (Wildman–Crippen LogP) is 3.09. The number of amides is 1. The van der Waals surface area contributed by atoms with Gasteiger partial charge in [-0.1, -0.05) is 17.7 Å². The van der Waals surface area contributed by atoms with Gasteiger partial charge in [0.05, 0.1) is 22.5 Å². The monoisotopic (exact) mass is 509 g/mol. The average Bonchev–Trinajstić information content (AvgIpc) is 3.36. The first-order valence-electron chi connectivity index (χ1n) is 10.3. The number of hydrazine groups is 1. The second-order valence-corrected chi connectivity index (χ2v) is 8.61. The van der Waals surface area contributed by atoms with E-state index in [-0.39, 0.29) is 51.7 Å². The number of benzene rings is 1. The van der Waals surface area contributed by atoms with Crippen LogP contribution in [0, 0.1) is 5.82 Å². The van der Waals surface area contributed by atoms with Crippen molar-refractivity contribution in [1.82, 2.24) is 20.4 Å². The van der Waals surface area contributed by atoms with Crippen molar-refractivity contribution in [3.63, 3.8) is 0 Å². The summed E-state index contributed by atoms with van der Waals surface area (Å²) in [6, 6.07) is 3.80. The molecular formula is C21H16ClF4N7O2. The van der Waals surface area contributed by atoms with Gasteiger partial charge in [-0.25, -0.2) is 24.8 Å². The molecule has 35 heavy (non-hydrogen) atoms. The van der Waals surface area contributed by atoms with Gasteiger partial charge in [-0.2, -0.15) is 13.2 Å². The highest BCUT2D eigenvalue weighted by molar-refractivity contribution is 6.43. The van der Waals surface area contributed by atoms with Gasteiger partial charge in [0.1, 0.15) is 29.4 Å². The van der Waals surface area contributed by atoms with Gasteiger partial charge in [0.2, 0.25) is 5.91 Å². The minimum Gasteiger partial charge on any atom is -0.309 e. The number of H-pyrrole nitrogens is 1. The number of nitrogens with one attached hydrogen (secondary N) is 3. The number of aromatic nitrogens is 2. The average molecular weight is 510 g/mol. The zero-order chi connectivity index (χ0) is 25.1. The zero-order valence-corrected chi connectivity index (χ0v) is 18.7. The Hall–Kier alpha value is -3.58. The van der Waals surface area contributed by atoms with E-state index in [1.165, 1.54) is 30.3 Å². The number of hydrogen-bond donors (Lipinski definition) is 3. The molecule has 1 aromatic carbocycles. The van der Waals surface area contributed by atoms with Crippen LogP contribution in [-0.2, 0) is 10.2 Å². The molecule has 0 saturated heterocycles. The number of carbonyl (C=O) groups is 1. The number of anilines is 1. The number of fused-ring (bicyclic) bond motifs is 2. The Morgan fingerprint density at radius 1 is 1.26 bits per heavy atom. The Bertz CT molecular complexity index is 1420. The van der Waals surface area contributed by atoms with Gasteiger partial charge >= 0.3 is 6.18 Å². The van der Waals surface area contributed by atoms with Gasteiger partial charge in [-0.05, 0) is 24.6 Å². The molecule has 182 valence electrons. The molecule has 3 aliphatic rings. The summed E-state index contributed by atoms with van der Waals surface area (Å²) in [6.45, 7) is 1.60. The Morgan fingerprint density at radius 3 is 2.74 bits per heavy atom. The number of nitrogens with zero attached hydrogens (tertiary/aromatic N) is 4. The summed E-state index contributed by atoms with van der Waals surface area (Å²) in [5, 5.41) is 3.81. The van der Waals surface area contributed by atoms with Gasteiger partial charge in [0.25, 0.3) is 5.56 Å². The summed E-state index contributed by atoms with van der Waals surface area (Å²) in [5.41, 5.74) is 0.905. The fourth-order valence-corrected chi connectivity index (χ4v) is 4.26. The van der Waals surface area contributed by atoms with Crippen molar-refractivity contribution < 1.29 is 22.4 Å². The first kappa shape index (κ1) is 23.2. The van der Waals surface area contributed by atoms with Crippen molar-refractivity contribution >= 4 is 40.6 Å². The van der Waals surface area contributed by atoms with Crippen LogP contribution in [0.15, 0.2) is 39.2 Å². The topological polar surface area (TPSA) is 115 Å². The van der Waals surface area contributed by atoms with Crippen LogP contribution >= 0.6 is 11.6 Å². The maximum Gasteiger partial charge on any atom is 0.389 e. The highest BCUT2D eigenvalue weighted by atomic mass is 35.5. The number of aliphatic imine (C=N–C) groups is 2. The van der Waals surface area contributed by atoms with Crippen molar-refractivity contribution in [2.45, 2.75) is 31.4 Å². The quantitative estimate of drug-likeness (QED) is 0.548. The maximum absolute atomic E-state index is 14.1. The summed E-state index contributed by atoms with van der Waals surface area (Å²) in [5.74, 6) is -1.25. The van der Waals surface area contributed by atoms with Crippen molar-refractivity contribution in [2.24, 2.45) is 9.98 Å². The smallest absolute Gasteiger partial charge is 0.309 e. The van der Waals surface area contributed by atoms with E-state index < -0.39 is 41.7 Å². The molecule has 1 atom stereocenters. The van der Waals surface area contributed by atoms with Crippen LogP contribution in [-0.4, -0.2) is 45.3 Å². The summed E-state index contributed by atoms with van der Waals surface area (Å²) in [6.07, 6.45) is -4.49. The molecule has 0 radical (unpaired) electrons. The highest BCUT2D eigenvalue weighted by Gasteiger charge is 2.48. The van der Waals surface area contributed by atoms with Crippen LogP contribution in [0.1, 0.15) is 36.7 Å². The molecule has 1 amide bonds. The van der Waals surface area contributed by atoms with Crippen molar-refractivity contribution in [3.8, 4) is 0 Å². The number of hydrogen-bond acceptors (Lipinski definition) is 7. The first-order chi connectivity index (χ1) is 16.5. The predicted molar refractivity (Wildman–Crippen MR) is 119 cm³/mol. The molecule has 0 aliphatic carbocycles. The van der Waals surface area contributed by atoms with Gasteiger partial charge in [0.15, 0.2) is 11.7 Å². The molecule has 0 saturated carbocycles. The van der Waals surface area contributed by atoms with Crippen molar-refractivity contribution in [3.05, 3.63) is 62.5 Å². The largest absolute Gasteiger partial charge is 0.389 e. The fraction of sp³-hybridized carbons (Fsp3) is 0.286. The second kappa shape index (κ2) is 7.99.